The number of nitrogens with zero attached hydrogens (tertiary/aromatic N) is 2. The van der Waals surface area contributed by atoms with E-state index in [0.29, 0.717) is 11.4 Å². The van der Waals surface area contributed by atoms with Crippen LogP contribution in [0.25, 0.3) is 0 Å². The van der Waals surface area contributed by atoms with Crippen LogP contribution in [0, 0.1) is 6.92 Å². The summed E-state index contributed by atoms with van der Waals surface area (Å²) in [6.45, 7) is 5.42. The summed E-state index contributed by atoms with van der Waals surface area (Å²) in [6.07, 6.45) is 2.63. The minimum Gasteiger partial charge on any atom is -0.466 e. The van der Waals surface area contributed by atoms with Crippen molar-refractivity contribution in [2.24, 2.45) is 0 Å². The fourth-order valence-electron chi connectivity index (χ4n) is 1.26. The molecule has 1 aromatic rings. The van der Waals surface area contributed by atoms with Gasteiger partial charge in [0.25, 0.3) is 0 Å². The van der Waals surface area contributed by atoms with Crippen LogP contribution in [-0.2, 0) is 14.3 Å². The van der Waals surface area contributed by atoms with Crippen molar-refractivity contribution < 1.29 is 14.3 Å². The van der Waals surface area contributed by atoms with E-state index in [0.717, 1.165) is 0 Å². The standard InChI is InChI=1S/C11H14N2O3/c1-7(11(14)16-4)10(15-3)9-5-12-8(2)13-6-9/h5-6,10H,1H2,2-4H3. The molecule has 0 spiro atoms. The summed E-state index contributed by atoms with van der Waals surface area (Å²) in [5.41, 5.74) is 0.890. The molecule has 1 atom stereocenters. The van der Waals surface area contributed by atoms with E-state index < -0.39 is 12.1 Å². The van der Waals surface area contributed by atoms with Crippen LogP contribution < -0.4 is 0 Å². The second-order valence-electron chi connectivity index (χ2n) is 3.20. The normalized spacial score (nSPS) is 11.9. The molecular formula is C11H14N2O3. The number of carbonyl (C=O) groups excluding carboxylic acids is 1. The van der Waals surface area contributed by atoms with Crippen molar-refractivity contribution >= 4 is 5.97 Å². The third kappa shape index (κ3) is 2.64. The van der Waals surface area contributed by atoms with E-state index >= 15 is 0 Å². The lowest BCUT2D eigenvalue weighted by Crippen LogP contribution is -2.14. The van der Waals surface area contributed by atoms with Crippen molar-refractivity contribution in [2.45, 2.75) is 13.0 Å². The lowest BCUT2D eigenvalue weighted by Gasteiger charge is -2.15. The Balaban J connectivity index is 2.94. The zero-order valence-electron chi connectivity index (χ0n) is 9.56. The smallest absolute Gasteiger partial charge is 0.336 e. The molecule has 0 aromatic carbocycles. The zero-order valence-corrected chi connectivity index (χ0v) is 9.56. The third-order valence-electron chi connectivity index (χ3n) is 2.10. The first-order valence-electron chi connectivity index (χ1n) is 4.68. The molecule has 1 rings (SSSR count). The maximum Gasteiger partial charge on any atom is 0.336 e. The van der Waals surface area contributed by atoms with E-state index in [4.69, 9.17) is 4.74 Å². The quantitative estimate of drug-likeness (QED) is 0.566. The van der Waals surface area contributed by atoms with Crippen molar-refractivity contribution in [1.82, 2.24) is 9.97 Å². The van der Waals surface area contributed by atoms with Gasteiger partial charge in [-0.1, -0.05) is 6.58 Å². The second-order valence-corrected chi connectivity index (χ2v) is 3.20. The predicted octanol–water partition coefficient (Wildman–Crippen LogP) is 1.20. The van der Waals surface area contributed by atoms with Crippen LogP contribution in [0.3, 0.4) is 0 Å². The monoisotopic (exact) mass is 222 g/mol. The number of rotatable bonds is 4. The Morgan fingerprint density at radius 3 is 2.38 bits per heavy atom. The summed E-state index contributed by atoms with van der Waals surface area (Å²) < 4.78 is 9.76. The number of hydrogen-bond donors (Lipinski definition) is 0. The molecule has 0 bridgehead atoms. The molecule has 0 N–H and O–H groups in total. The summed E-state index contributed by atoms with van der Waals surface area (Å²) in [7, 11) is 2.78. The maximum absolute atomic E-state index is 11.3. The second kappa shape index (κ2) is 5.37. The first-order chi connectivity index (χ1) is 7.60. The molecule has 0 saturated heterocycles. The van der Waals surface area contributed by atoms with E-state index in [-0.39, 0.29) is 5.57 Å². The minimum atomic E-state index is -0.576. The highest BCUT2D eigenvalue weighted by molar-refractivity contribution is 5.89. The first kappa shape index (κ1) is 12.3. The van der Waals surface area contributed by atoms with E-state index in [2.05, 4.69) is 21.3 Å². The fraction of sp³-hybridized carbons (Fsp3) is 0.364. The highest BCUT2D eigenvalue weighted by Gasteiger charge is 2.21. The van der Waals surface area contributed by atoms with Gasteiger partial charge in [0.15, 0.2) is 0 Å². The molecule has 0 aliphatic carbocycles. The van der Waals surface area contributed by atoms with Gasteiger partial charge in [-0.3, -0.25) is 0 Å². The molecule has 1 heterocycles. The fourth-order valence-corrected chi connectivity index (χ4v) is 1.26. The Morgan fingerprint density at radius 1 is 1.38 bits per heavy atom. The van der Waals surface area contributed by atoms with E-state index in [1.807, 2.05) is 0 Å². The number of methoxy groups -OCH3 is 2. The number of carbonyl (C=O) groups is 1. The number of ether oxygens (including phenoxy) is 2. The SMILES string of the molecule is C=C(C(=O)OC)C(OC)c1cnc(C)nc1. The molecule has 1 aromatic heterocycles. The third-order valence-corrected chi connectivity index (χ3v) is 2.10. The van der Waals surface area contributed by atoms with E-state index in [1.54, 1.807) is 19.3 Å². The molecule has 16 heavy (non-hydrogen) atoms. The number of aryl methyl sites for hydroxylation is 1. The van der Waals surface area contributed by atoms with Crippen LogP contribution >= 0.6 is 0 Å². The number of hydrogen-bond acceptors (Lipinski definition) is 5. The van der Waals surface area contributed by atoms with Crippen molar-refractivity contribution in [3.05, 3.63) is 35.9 Å². The van der Waals surface area contributed by atoms with Gasteiger partial charge < -0.3 is 9.47 Å². The number of aromatic nitrogens is 2. The molecule has 1 unspecified atom stereocenters. The summed E-state index contributed by atoms with van der Waals surface area (Å²) in [5.74, 6) is 0.148. The average molecular weight is 222 g/mol. The van der Waals surface area contributed by atoms with Crippen LogP contribution in [0.15, 0.2) is 24.5 Å². The molecule has 0 saturated carbocycles. The van der Waals surface area contributed by atoms with Gasteiger partial charge in [-0.15, -0.1) is 0 Å². The Morgan fingerprint density at radius 2 is 1.94 bits per heavy atom. The highest BCUT2D eigenvalue weighted by Crippen LogP contribution is 2.23. The minimum absolute atomic E-state index is 0.220. The highest BCUT2D eigenvalue weighted by atomic mass is 16.5. The molecule has 0 aliphatic rings. The lowest BCUT2D eigenvalue weighted by atomic mass is 10.1. The van der Waals surface area contributed by atoms with Crippen molar-refractivity contribution in [1.29, 1.82) is 0 Å². The molecule has 0 radical (unpaired) electrons. The van der Waals surface area contributed by atoms with Gasteiger partial charge in [0.2, 0.25) is 0 Å². The molecule has 0 amide bonds. The van der Waals surface area contributed by atoms with Gasteiger partial charge in [-0.05, 0) is 6.92 Å². The average Bonchev–Trinajstić information content (AvgIpc) is 2.31. The Hall–Kier alpha value is -1.75. The summed E-state index contributed by atoms with van der Waals surface area (Å²) in [6, 6.07) is 0. The van der Waals surface area contributed by atoms with Crippen LogP contribution in [0.5, 0.6) is 0 Å². The van der Waals surface area contributed by atoms with Crippen LogP contribution in [-0.4, -0.2) is 30.2 Å². The van der Waals surface area contributed by atoms with Crippen molar-refractivity contribution in [3.8, 4) is 0 Å². The molecule has 0 aliphatic heterocycles. The summed E-state index contributed by atoms with van der Waals surface area (Å²) in [4.78, 5) is 19.4. The van der Waals surface area contributed by atoms with Gasteiger partial charge in [0.1, 0.15) is 11.9 Å². The topological polar surface area (TPSA) is 61.3 Å². The summed E-state index contributed by atoms with van der Waals surface area (Å²) in [5, 5.41) is 0. The number of esters is 1. The molecule has 0 fully saturated rings. The van der Waals surface area contributed by atoms with E-state index in [9.17, 15) is 4.79 Å². The summed E-state index contributed by atoms with van der Waals surface area (Å²) >= 11 is 0. The molecule has 5 heteroatoms. The largest absolute Gasteiger partial charge is 0.466 e. The van der Waals surface area contributed by atoms with Gasteiger partial charge in [0.05, 0.1) is 12.7 Å². The maximum atomic E-state index is 11.3. The Bertz CT molecular complexity index is 387. The predicted molar refractivity (Wildman–Crippen MR) is 57.7 cm³/mol. The van der Waals surface area contributed by atoms with Crippen LogP contribution in [0.1, 0.15) is 17.5 Å². The zero-order chi connectivity index (χ0) is 12.1. The van der Waals surface area contributed by atoms with Gasteiger partial charge >= 0.3 is 5.97 Å². The van der Waals surface area contributed by atoms with Crippen molar-refractivity contribution in [2.75, 3.05) is 14.2 Å². The molecule has 5 nitrogen and oxygen atoms in total. The molecule has 86 valence electrons. The Labute approximate surface area is 94.1 Å². The van der Waals surface area contributed by atoms with Crippen LogP contribution in [0.4, 0.5) is 0 Å². The van der Waals surface area contributed by atoms with Gasteiger partial charge in [0, 0.05) is 25.1 Å². The lowest BCUT2D eigenvalue weighted by molar-refractivity contribution is -0.137. The first-order valence-corrected chi connectivity index (χ1v) is 4.68. The van der Waals surface area contributed by atoms with E-state index in [1.165, 1.54) is 14.2 Å². The molecular weight excluding hydrogens is 208 g/mol. The van der Waals surface area contributed by atoms with Gasteiger partial charge in [-0.25, -0.2) is 14.8 Å². The van der Waals surface area contributed by atoms with Crippen LogP contribution in [0.2, 0.25) is 0 Å². The van der Waals surface area contributed by atoms with Crippen molar-refractivity contribution in [3.63, 3.8) is 0 Å². The van der Waals surface area contributed by atoms with Gasteiger partial charge in [-0.2, -0.15) is 0 Å². The Kier molecular flexibility index (Phi) is 4.13.